The van der Waals surface area contributed by atoms with Crippen LogP contribution in [0.15, 0.2) is 9.70 Å². The van der Waals surface area contributed by atoms with Crippen molar-refractivity contribution in [2.24, 2.45) is 7.05 Å². The number of hydrogen-bond donors (Lipinski definition) is 0. The van der Waals surface area contributed by atoms with Gasteiger partial charge >= 0.3 is 0 Å². The van der Waals surface area contributed by atoms with Gasteiger partial charge in [0.15, 0.2) is 0 Å². The number of amides is 1. The Kier molecular flexibility index (Phi) is 8.05. The van der Waals surface area contributed by atoms with E-state index in [1.165, 1.54) is 16.3 Å². The number of carbonyl (C=O) groups is 1. The summed E-state index contributed by atoms with van der Waals surface area (Å²) in [6.07, 6.45) is 5.66. The van der Waals surface area contributed by atoms with E-state index < -0.39 is 0 Å². The maximum atomic E-state index is 12.9. The maximum absolute atomic E-state index is 12.9. The second kappa shape index (κ2) is 10.1. The van der Waals surface area contributed by atoms with Crippen molar-refractivity contribution in [3.63, 3.8) is 0 Å². The number of pyridine rings is 1. The van der Waals surface area contributed by atoms with Crippen molar-refractivity contribution >= 4 is 46.1 Å². The molecule has 0 unspecified atom stereocenters. The number of nitriles is 1. The second-order valence-corrected chi connectivity index (χ2v) is 8.85. The van der Waals surface area contributed by atoms with Crippen LogP contribution in [0.4, 0.5) is 5.82 Å². The van der Waals surface area contributed by atoms with Crippen LogP contribution in [0.1, 0.15) is 56.2 Å². The van der Waals surface area contributed by atoms with Crippen LogP contribution in [-0.4, -0.2) is 39.8 Å². The molecule has 1 amide bonds. The third kappa shape index (κ3) is 4.73. The molecule has 29 heavy (non-hydrogen) atoms. The summed E-state index contributed by atoms with van der Waals surface area (Å²) >= 11 is 6.68. The van der Waals surface area contributed by atoms with E-state index in [4.69, 9.17) is 12.2 Å². The van der Waals surface area contributed by atoms with Gasteiger partial charge in [0.25, 0.3) is 11.5 Å². The predicted molar refractivity (Wildman–Crippen MR) is 124 cm³/mol. The first kappa shape index (κ1) is 23.2. The molecule has 0 spiro atoms. The molecule has 0 radical (unpaired) electrons. The average Bonchev–Trinajstić information content (AvgIpc) is 2.96. The minimum atomic E-state index is -0.323. The molecule has 1 aliphatic rings. The fraction of sp³-hybridized carbons (Fsp3) is 0.524. The van der Waals surface area contributed by atoms with Gasteiger partial charge < -0.3 is 4.90 Å². The van der Waals surface area contributed by atoms with Gasteiger partial charge in [0.2, 0.25) is 0 Å². The van der Waals surface area contributed by atoms with Crippen molar-refractivity contribution in [1.29, 1.82) is 5.26 Å². The molecule has 1 aliphatic heterocycles. The van der Waals surface area contributed by atoms with Crippen LogP contribution < -0.4 is 10.5 Å². The van der Waals surface area contributed by atoms with Crippen LogP contribution in [0.2, 0.25) is 0 Å². The molecule has 1 aromatic heterocycles. The molecule has 0 N–H and O–H groups in total. The average molecular weight is 433 g/mol. The van der Waals surface area contributed by atoms with Crippen LogP contribution in [0.25, 0.3) is 6.08 Å². The lowest BCUT2D eigenvalue weighted by Crippen LogP contribution is -2.31. The van der Waals surface area contributed by atoms with Gasteiger partial charge in [-0.2, -0.15) is 5.26 Å². The van der Waals surface area contributed by atoms with Crippen LogP contribution in [0, 0.1) is 18.3 Å². The Bertz CT molecular complexity index is 943. The van der Waals surface area contributed by atoms with E-state index in [2.05, 4.69) is 13.8 Å². The van der Waals surface area contributed by atoms with E-state index in [1.807, 2.05) is 18.0 Å². The SMILES string of the molecule is CCCCN1C(=O)C(=Cc2c(C)c(C#N)c(=O)n(C)c2N(C)CCCC)SC1=S. The summed E-state index contributed by atoms with van der Waals surface area (Å²) in [4.78, 5) is 29.8. The highest BCUT2D eigenvalue weighted by molar-refractivity contribution is 8.26. The zero-order valence-electron chi connectivity index (χ0n) is 17.7. The van der Waals surface area contributed by atoms with Gasteiger partial charge in [-0.3, -0.25) is 19.1 Å². The predicted octanol–water partition coefficient (Wildman–Crippen LogP) is 3.80. The molecule has 1 saturated heterocycles. The minimum absolute atomic E-state index is 0.104. The Morgan fingerprint density at radius 2 is 1.90 bits per heavy atom. The maximum Gasteiger partial charge on any atom is 0.270 e. The quantitative estimate of drug-likeness (QED) is 0.460. The highest BCUT2D eigenvalue weighted by atomic mass is 32.2. The summed E-state index contributed by atoms with van der Waals surface area (Å²) in [5, 5.41) is 9.51. The van der Waals surface area contributed by atoms with E-state index >= 15 is 0 Å². The highest BCUT2D eigenvalue weighted by Crippen LogP contribution is 2.35. The third-order valence-electron chi connectivity index (χ3n) is 5.06. The van der Waals surface area contributed by atoms with E-state index in [9.17, 15) is 14.9 Å². The summed E-state index contributed by atoms with van der Waals surface area (Å²) in [5.74, 6) is 0.598. The number of thioether (sulfide) groups is 1. The van der Waals surface area contributed by atoms with E-state index in [1.54, 1.807) is 24.9 Å². The number of hydrogen-bond acceptors (Lipinski definition) is 6. The van der Waals surface area contributed by atoms with Crippen molar-refractivity contribution in [3.05, 3.63) is 31.9 Å². The molecule has 8 heteroatoms. The van der Waals surface area contributed by atoms with Gasteiger partial charge in [-0.25, -0.2) is 0 Å². The summed E-state index contributed by atoms with van der Waals surface area (Å²) < 4.78 is 2.06. The van der Waals surface area contributed by atoms with Gasteiger partial charge in [0.1, 0.15) is 21.8 Å². The van der Waals surface area contributed by atoms with E-state index in [-0.39, 0.29) is 17.0 Å². The Hall–Kier alpha value is -2.11. The molecule has 1 aromatic rings. The lowest BCUT2D eigenvalue weighted by Gasteiger charge is -2.25. The Morgan fingerprint density at radius 3 is 2.48 bits per heavy atom. The molecule has 6 nitrogen and oxygen atoms in total. The fourth-order valence-corrected chi connectivity index (χ4v) is 4.61. The monoisotopic (exact) mass is 432 g/mol. The molecule has 0 saturated carbocycles. The molecular weight excluding hydrogens is 404 g/mol. The molecule has 156 valence electrons. The van der Waals surface area contributed by atoms with Crippen molar-refractivity contribution in [2.75, 3.05) is 25.0 Å². The Morgan fingerprint density at radius 1 is 1.24 bits per heavy atom. The van der Waals surface area contributed by atoms with Crippen molar-refractivity contribution in [3.8, 4) is 6.07 Å². The highest BCUT2D eigenvalue weighted by Gasteiger charge is 2.32. The van der Waals surface area contributed by atoms with Gasteiger partial charge in [0.05, 0.1) is 4.91 Å². The van der Waals surface area contributed by atoms with Crippen molar-refractivity contribution < 1.29 is 4.79 Å². The summed E-state index contributed by atoms with van der Waals surface area (Å²) in [7, 11) is 3.60. The molecular formula is C21H28N4O2S2. The third-order valence-corrected chi connectivity index (χ3v) is 6.44. The number of rotatable bonds is 8. The van der Waals surface area contributed by atoms with Crippen LogP contribution in [0.5, 0.6) is 0 Å². The van der Waals surface area contributed by atoms with Gasteiger partial charge in [0, 0.05) is 32.7 Å². The van der Waals surface area contributed by atoms with Gasteiger partial charge in [-0.05, 0) is 31.4 Å². The number of nitrogens with zero attached hydrogens (tertiary/aromatic N) is 4. The fourth-order valence-electron chi connectivity index (χ4n) is 3.31. The first-order valence-corrected chi connectivity index (χ1v) is 11.1. The number of carbonyl (C=O) groups excluding carboxylic acids is 1. The summed E-state index contributed by atoms with van der Waals surface area (Å²) in [6.45, 7) is 7.33. The molecule has 0 atom stereocenters. The van der Waals surface area contributed by atoms with Gasteiger partial charge in [-0.1, -0.05) is 50.7 Å². The number of unbranched alkanes of at least 4 members (excludes halogenated alkanes) is 2. The Balaban J connectivity index is 2.62. The number of aromatic nitrogens is 1. The second-order valence-electron chi connectivity index (χ2n) is 7.18. The summed E-state index contributed by atoms with van der Waals surface area (Å²) in [6, 6.07) is 2.03. The zero-order chi connectivity index (χ0) is 21.7. The lowest BCUT2D eigenvalue weighted by molar-refractivity contribution is -0.122. The zero-order valence-corrected chi connectivity index (χ0v) is 19.4. The van der Waals surface area contributed by atoms with Crippen molar-refractivity contribution in [2.45, 2.75) is 46.5 Å². The van der Waals surface area contributed by atoms with Crippen molar-refractivity contribution in [1.82, 2.24) is 9.47 Å². The smallest absolute Gasteiger partial charge is 0.270 e. The molecule has 0 bridgehead atoms. The summed E-state index contributed by atoms with van der Waals surface area (Å²) in [5.41, 5.74) is 1.09. The minimum Gasteiger partial charge on any atom is -0.360 e. The van der Waals surface area contributed by atoms with Crippen LogP contribution >= 0.6 is 24.0 Å². The first-order chi connectivity index (χ1) is 13.8. The van der Waals surface area contributed by atoms with Crippen LogP contribution in [-0.2, 0) is 11.8 Å². The lowest BCUT2D eigenvalue weighted by atomic mass is 10.0. The standard InChI is InChI=1S/C21H28N4O2S2/c1-6-8-10-23(4)18-15(14(3)16(13-22)19(26)24(18)5)12-17-20(27)25(11-9-7-2)21(28)29-17/h12H,6-11H2,1-5H3. The molecule has 0 aromatic carbocycles. The molecule has 2 rings (SSSR count). The van der Waals surface area contributed by atoms with E-state index in [0.717, 1.165) is 37.8 Å². The molecule has 0 aliphatic carbocycles. The molecule has 2 heterocycles. The van der Waals surface area contributed by atoms with Gasteiger partial charge in [-0.15, -0.1) is 0 Å². The number of anilines is 1. The largest absolute Gasteiger partial charge is 0.360 e. The van der Waals surface area contributed by atoms with E-state index in [0.29, 0.717) is 27.2 Å². The topological polar surface area (TPSA) is 69.3 Å². The first-order valence-electron chi connectivity index (χ1n) is 9.88. The number of thiocarbonyl (C=S) groups is 1. The normalized spacial score (nSPS) is 15.3. The molecule has 1 fully saturated rings. The van der Waals surface area contributed by atoms with Crippen LogP contribution in [0.3, 0.4) is 0 Å². The Labute approximate surface area is 182 Å².